The maximum atomic E-state index is 12.7. The van der Waals surface area contributed by atoms with Crippen LogP contribution >= 0.6 is 15.9 Å². The van der Waals surface area contributed by atoms with Gasteiger partial charge in [0.1, 0.15) is 11.6 Å². The second-order valence-corrected chi connectivity index (χ2v) is 7.91. The van der Waals surface area contributed by atoms with Gasteiger partial charge in [0.05, 0.1) is 5.39 Å². The Hall–Kier alpha value is -2.09. The minimum atomic E-state index is -0.602. The van der Waals surface area contributed by atoms with Crippen LogP contribution in [0.5, 0.6) is 0 Å². The Labute approximate surface area is 153 Å². The third kappa shape index (κ3) is 3.95. The maximum absolute atomic E-state index is 12.7. The summed E-state index contributed by atoms with van der Waals surface area (Å²) in [6.07, 6.45) is 0.866. The molecule has 25 heavy (non-hydrogen) atoms. The molecule has 1 fully saturated rings. The van der Waals surface area contributed by atoms with E-state index in [1.165, 1.54) is 4.90 Å². The number of amides is 2. The van der Waals surface area contributed by atoms with Gasteiger partial charge in [0.15, 0.2) is 11.4 Å². The molecule has 1 aromatic heterocycles. The Morgan fingerprint density at radius 2 is 2.16 bits per heavy atom. The monoisotopic (exact) mass is 409 g/mol. The number of nitrogens with one attached hydrogen (secondary N) is 1. The van der Waals surface area contributed by atoms with Crippen LogP contribution in [0.3, 0.4) is 0 Å². The molecule has 1 aromatic carbocycles. The van der Waals surface area contributed by atoms with Crippen LogP contribution < -0.4 is 5.32 Å². The van der Waals surface area contributed by atoms with Crippen molar-refractivity contribution < 1.29 is 18.8 Å². The van der Waals surface area contributed by atoms with Crippen LogP contribution in [0.15, 0.2) is 27.2 Å². The largest absolute Gasteiger partial charge is 0.444 e. The van der Waals surface area contributed by atoms with Crippen molar-refractivity contribution in [2.24, 2.45) is 0 Å². The highest BCUT2D eigenvalue weighted by Crippen LogP contribution is 2.27. The highest BCUT2D eigenvalue weighted by atomic mass is 79.9. The summed E-state index contributed by atoms with van der Waals surface area (Å²) in [6.45, 7) is 5.90. The van der Waals surface area contributed by atoms with Crippen LogP contribution in [0.1, 0.15) is 33.6 Å². The van der Waals surface area contributed by atoms with Gasteiger partial charge < -0.3 is 14.6 Å². The fraction of sp³-hybridized carbons (Fsp3) is 0.471. The second-order valence-electron chi connectivity index (χ2n) is 6.99. The van der Waals surface area contributed by atoms with Crippen LogP contribution in [-0.4, -0.2) is 40.2 Å². The van der Waals surface area contributed by atoms with Gasteiger partial charge in [-0.1, -0.05) is 21.1 Å². The van der Waals surface area contributed by atoms with E-state index in [-0.39, 0.29) is 5.91 Å². The molecule has 1 aliphatic heterocycles. The first-order valence-corrected chi connectivity index (χ1v) is 8.89. The molecule has 134 valence electrons. The van der Waals surface area contributed by atoms with Gasteiger partial charge in [-0.15, -0.1) is 0 Å². The number of nitrogens with zero attached hydrogens (tertiary/aromatic N) is 2. The summed E-state index contributed by atoms with van der Waals surface area (Å²) in [6, 6.07) is 4.85. The molecule has 2 aromatic rings. The predicted molar refractivity (Wildman–Crippen MR) is 96.3 cm³/mol. The molecule has 2 amide bonds. The van der Waals surface area contributed by atoms with Crippen molar-refractivity contribution in [3.63, 3.8) is 0 Å². The first-order chi connectivity index (χ1) is 11.7. The van der Waals surface area contributed by atoms with Gasteiger partial charge in [0.2, 0.25) is 5.91 Å². The Morgan fingerprint density at radius 3 is 2.88 bits per heavy atom. The summed E-state index contributed by atoms with van der Waals surface area (Å²) in [5.74, 6) is 0.0517. The quantitative estimate of drug-likeness (QED) is 0.811. The molecule has 7 nitrogen and oxygen atoms in total. The van der Waals surface area contributed by atoms with E-state index in [0.29, 0.717) is 29.8 Å². The van der Waals surface area contributed by atoms with E-state index in [9.17, 15) is 9.59 Å². The Bertz CT molecular complexity index is 812. The van der Waals surface area contributed by atoms with E-state index in [1.807, 2.05) is 12.1 Å². The molecule has 0 aliphatic carbocycles. The zero-order valence-electron chi connectivity index (χ0n) is 14.3. The number of likely N-dealkylation sites (tertiary alicyclic amines) is 1. The van der Waals surface area contributed by atoms with Gasteiger partial charge in [-0.3, -0.25) is 9.69 Å². The molecule has 1 atom stereocenters. The van der Waals surface area contributed by atoms with E-state index in [1.54, 1.807) is 26.8 Å². The first kappa shape index (κ1) is 17.7. The number of ether oxygens (including phenoxy) is 1. The van der Waals surface area contributed by atoms with Gasteiger partial charge in [-0.25, -0.2) is 4.79 Å². The summed E-state index contributed by atoms with van der Waals surface area (Å²) >= 11 is 3.39. The van der Waals surface area contributed by atoms with E-state index >= 15 is 0 Å². The third-order valence-corrected chi connectivity index (χ3v) is 4.35. The minimum absolute atomic E-state index is 0.293. The zero-order chi connectivity index (χ0) is 18.2. The summed E-state index contributed by atoms with van der Waals surface area (Å²) in [7, 11) is 0. The molecule has 8 heteroatoms. The summed E-state index contributed by atoms with van der Waals surface area (Å²) < 4.78 is 11.5. The number of benzene rings is 1. The van der Waals surface area contributed by atoms with Gasteiger partial charge in [0.25, 0.3) is 0 Å². The number of fused-ring (bicyclic) bond motifs is 1. The van der Waals surface area contributed by atoms with Crippen LogP contribution in [0, 0.1) is 0 Å². The van der Waals surface area contributed by atoms with Crippen LogP contribution in [0.25, 0.3) is 11.0 Å². The van der Waals surface area contributed by atoms with E-state index in [2.05, 4.69) is 26.4 Å². The van der Waals surface area contributed by atoms with Crippen LogP contribution in [-0.2, 0) is 9.53 Å². The maximum Gasteiger partial charge on any atom is 0.410 e. The highest BCUT2D eigenvalue weighted by Gasteiger charge is 2.37. The first-order valence-electron chi connectivity index (χ1n) is 8.10. The van der Waals surface area contributed by atoms with Gasteiger partial charge in [-0.05, 0) is 51.8 Å². The number of halogens is 1. The van der Waals surface area contributed by atoms with E-state index < -0.39 is 17.7 Å². The lowest BCUT2D eigenvalue weighted by Gasteiger charge is -2.27. The molecule has 0 saturated carbocycles. The Kier molecular flexibility index (Phi) is 4.73. The number of carbonyl (C=O) groups is 2. The van der Waals surface area contributed by atoms with Crippen LogP contribution in [0.4, 0.5) is 10.6 Å². The topological polar surface area (TPSA) is 84.7 Å². The lowest BCUT2D eigenvalue weighted by atomic mass is 10.2. The smallest absolute Gasteiger partial charge is 0.410 e. The lowest BCUT2D eigenvalue weighted by Crippen LogP contribution is -2.45. The van der Waals surface area contributed by atoms with Crippen molar-refractivity contribution in [1.82, 2.24) is 10.1 Å². The lowest BCUT2D eigenvalue weighted by molar-refractivity contribution is -0.120. The molecule has 1 aliphatic rings. The average Bonchev–Trinajstić information content (AvgIpc) is 3.13. The number of aromatic nitrogens is 1. The van der Waals surface area contributed by atoms with Crippen LogP contribution in [0.2, 0.25) is 0 Å². The number of hydrogen-bond donors (Lipinski definition) is 1. The molecule has 1 saturated heterocycles. The van der Waals surface area contributed by atoms with Crippen molar-refractivity contribution in [2.45, 2.75) is 45.3 Å². The summed E-state index contributed by atoms with van der Waals surface area (Å²) in [5, 5.41) is 7.38. The normalized spacial score (nSPS) is 17.8. The molecule has 0 bridgehead atoms. The van der Waals surface area contributed by atoms with Crippen molar-refractivity contribution in [2.75, 3.05) is 11.9 Å². The molecule has 3 rings (SSSR count). The Morgan fingerprint density at radius 1 is 1.40 bits per heavy atom. The minimum Gasteiger partial charge on any atom is -0.444 e. The Balaban J connectivity index is 1.75. The third-order valence-electron chi connectivity index (χ3n) is 3.86. The number of anilines is 1. The molecular weight excluding hydrogens is 390 g/mol. The van der Waals surface area contributed by atoms with Gasteiger partial charge in [0, 0.05) is 11.0 Å². The van der Waals surface area contributed by atoms with E-state index in [0.717, 1.165) is 10.9 Å². The zero-order valence-corrected chi connectivity index (χ0v) is 15.9. The molecule has 2 heterocycles. The van der Waals surface area contributed by atoms with Gasteiger partial charge in [-0.2, -0.15) is 0 Å². The molecule has 1 unspecified atom stereocenters. The second kappa shape index (κ2) is 6.67. The molecular formula is C17H20BrN3O4. The average molecular weight is 410 g/mol. The number of rotatable bonds is 2. The highest BCUT2D eigenvalue weighted by molar-refractivity contribution is 9.10. The molecule has 1 N–H and O–H groups in total. The SMILES string of the molecule is CC(C)(C)OC(=O)N1CCCC1C(=O)Nc1noc2ccc(Br)cc12. The van der Waals surface area contributed by atoms with Crippen molar-refractivity contribution in [3.05, 3.63) is 22.7 Å². The molecule has 0 radical (unpaired) electrons. The summed E-state index contributed by atoms with van der Waals surface area (Å²) in [5.41, 5.74) is -0.0242. The summed E-state index contributed by atoms with van der Waals surface area (Å²) in [4.78, 5) is 26.5. The van der Waals surface area contributed by atoms with E-state index in [4.69, 9.17) is 9.26 Å². The standard InChI is InChI=1S/C17H20BrN3O4/c1-17(2,3)24-16(23)21-8-4-5-12(21)15(22)19-14-11-9-10(18)6-7-13(11)25-20-14/h6-7,9,12H,4-5,8H2,1-3H3,(H,19,20,22). The number of hydrogen-bond acceptors (Lipinski definition) is 5. The fourth-order valence-corrected chi connectivity index (χ4v) is 3.14. The fourth-order valence-electron chi connectivity index (χ4n) is 2.78. The predicted octanol–water partition coefficient (Wildman–Crippen LogP) is 3.93. The van der Waals surface area contributed by atoms with Crippen molar-refractivity contribution in [1.29, 1.82) is 0 Å². The van der Waals surface area contributed by atoms with Crippen molar-refractivity contribution >= 4 is 44.7 Å². The molecule has 0 spiro atoms. The van der Waals surface area contributed by atoms with Gasteiger partial charge >= 0.3 is 6.09 Å². The number of carbonyl (C=O) groups excluding carboxylic acids is 2. The van der Waals surface area contributed by atoms with Crippen molar-refractivity contribution in [3.8, 4) is 0 Å².